The second kappa shape index (κ2) is 11.9. The molecule has 11 heteroatoms. The van der Waals surface area contributed by atoms with Gasteiger partial charge in [-0.15, -0.1) is 11.3 Å². The second-order valence-corrected chi connectivity index (χ2v) is 11.5. The number of likely N-dealkylation sites (tertiary alicyclic amines) is 1. The van der Waals surface area contributed by atoms with Crippen molar-refractivity contribution in [1.29, 1.82) is 0 Å². The Morgan fingerprint density at radius 3 is 2.78 bits per heavy atom. The molecule has 4 aromatic rings. The number of aromatic nitrogens is 3. The third-order valence-corrected chi connectivity index (χ3v) is 8.81. The summed E-state index contributed by atoms with van der Waals surface area (Å²) in [6.07, 6.45) is 4.04. The van der Waals surface area contributed by atoms with E-state index in [2.05, 4.69) is 14.3 Å². The summed E-state index contributed by atoms with van der Waals surface area (Å²) in [4.78, 5) is 27.8. The lowest BCUT2D eigenvalue weighted by Crippen LogP contribution is -2.34. The van der Waals surface area contributed by atoms with Crippen molar-refractivity contribution < 1.29 is 23.8 Å². The number of carboxylic acid groups (broad SMARTS) is 1. The van der Waals surface area contributed by atoms with E-state index in [0.29, 0.717) is 29.4 Å². The summed E-state index contributed by atoms with van der Waals surface area (Å²) in [5.74, 6) is 0.307. The van der Waals surface area contributed by atoms with Gasteiger partial charge in [-0.3, -0.25) is 4.90 Å². The van der Waals surface area contributed by atoms with Gasteiger partial charge in [0.1, 0.15) is 28.0 Å². The number of ether oxygens (including phenoxy) is 2. The lowest BCUT2D eigenvalue weighted by atomic mass is 9.93. The van der Waals surface area contributed by atoms with Crippen LogP contribution in [0, 0.1) is 12.4 Å². The van der Waals surface area contributed by atoms with E-state index in [1.165, 1.54) is 17.4 Å². The van der Waals surface area contributed by atoms with Crippen LogP contribution in [-0.2, 0) is 24.4 Å². The van der Waals surface area contributed by atoms with E-state index in [0.717, 1.165) is 67.2 Å². The number of benzene rings is 1. The topological polar surface area (TPSA) is 94.1 Å². The molecule has 2 fully saturated rings. The number of imidazole rings is 1. The molecule has 1 N–H and O–H groups in total. The quantitative estimate of drug-likeness (QED) is 0.244. The van der Waals surface area contributed by atoms with Gasteiger partial charge in [0.15, 0.2) is 5.69 Å². The third-order valence-electron chi connectivity index (χ3n) is 7.80. The molecule has 3 aromatic heterocycles. The van der Waals surface area contributed by atoms with Gasteiger partial charge >= 0.3 is 5.97 Å². The molecule has 0 spiro atoms. The normalized spacial score (nSPS) is 18.1. The zero-order chi connectivity index (χ0) is 28.3. The fraction of sp³-hybridized carbons (Fsp3) is 0.400. The van der Waals surface area contributed by atoms with E-state index in [1.54, 1.807) is 24.3 Å². The van der Waals surface area contributed by atoms with Crippen LogP contribution in [0.25, 0.3) is 15.2 Å². The third kappa shape index (κ3) is 6.10. The molecule has 2 aliphatic rings. The molecule has 0 radical (unpaired) electrons. The highest BCUT2D eigenvalue weighted by Crippen LogP contribution is 2.32. The minimum atomic E-state index is -0.925. The van der Waals surface area contributed by atoms with Crippen LogP contribution in [0.4, 0.5) is 10.1 Å². The van der Waals surface area contributed by atoms with Crippen molar-refractivity contribution in [3.8, 4) is 5.88 Å². The number of nitrogens with zero attached hydrogens (tertiary/aromatic N) is 5. The highest BCUT2D eigenvalue weighted by Gasteiger charge is 2.26. The van der Waals surface area contributed by atoms with Crippen molar-refractivity contribution >= 4 is 33.3 Å². The lowest BCUT2D eigenvalue weighted by molar-refractivity contribution is 0.0702. The summed E-state index contributed by atoms with van der Waals surface area (Å²) in [6, 6.07) is 11.8. The Kier molecular flexibility index (Phi) is 7.96. The fourth-order valence-corrected chi connectivity index (χ4v) is 6.47. The molecule has 9 nitrogen and oxygen atoms in total. The number of hydrogen-bond acceptors (Lipinski definition) is 7. The van der Waals surface area contributed by atoms with E-state index in [1.807, 2.05) is 12.1 Å². The SMILES string of the molecule is [C-]#[N+]c1ccc(COc2cccc(C3CCN(Cc4nc5sc(C(=O)O)cc5n4CC4CCCO4)CC3)n2)c(F)c1. The van der Waals surface area contributed by atoms with Crippen molar-refractivity contribution in [2.75, 3.05) is 19.7 Å². The first-order chi connectivity index (χ1) is 20.0. The molecule has 2 saturated heterocycles. The molecule has 0 bridgehead atoms. The van der Waals surface area contributed by atoms with Crippen LogP contribution < -0.4 is 4.74 Å². The summed E-state index contributed by atoms with van der Waals surface area (Å²) in [6.45, 7) is 11.0. The maximum Gasteiger partial charge on any atom is 0.346 e. The number of piperidine rings is 1. The number of aromatic carboxylic acids is 1. The van der Waals surface area contributed by atoms with Gasteiger partial charge in [0, 0.05) is 29.8 Å². The fourth-order valence-electron chi connectivity index (χ4n) is 5.58. The van der Waals surface area contributed by atoms with Gasteiger partial charge in [-0.1, -0.05) is 18.2 Å². The largest absolute Gasteiger partial charge is 0.477 e. The molecular formula is C30H30FN5O4S. The number of fused-ring (bicyclic) bond motifs is 1. The van der Waals surface area contributed by atoms with Crippen LogP contribution in [0.15, 0.2) is 42.5 Å². The summed E-state index contributed by atoms with van der Waals surface area (Å²) >= 11 is 1.22. The van der Waals surface area contributed by atoms with Gasteiger partial charge in [-0.05, 0) is 57.0 Å². The molecule has 212 valence electrons. The molecule has 5 heterocycles. The van der Waals surface area contributed by atoms with Crippen molar-refractivity contribution in [2.24, 2.45) is 0 Å². The molecule has 0 amide bonds. The van der Waals surface area contributed by atoms with Gasteiger partial charge in [0.25, 0.3) is 0 Å². The van der Waals surface area contributed by atoms with Crippen LogP contribution in [0.1, 0.15) is 58.4 Å². The Morgan fingerprint density at radius 1 is 1.20 bits per heavy atom. The predicted molar refractivity (Wildman–Crippen MR) is 152 cm³/mol. The second-order valence-electron chi connectivity index (χ2n) is 10.5. The van der Waals surface area contributed by atoms with Crippen molar-refractivity contribution in [2.45, 2.75) is 57.4 Å². The minimum Gasteiger partial charge on any atom is -0.477 e. The van der Waals surface area contributed by atoms with Gasteiger partial charge in [-0.25, -0.2) is 24.0 Å². The van der Waals surface area contributed by atoms with Crippen molar-refractivity contribution in [3.05, 3.63) is 81.7 Å². The first-order valence-electron chi connectivity index (χ1n) is 13.8. The van der Waals surface area contributed by atoms with Crippen molar-refractivity contribution in [3.63, 3.8) is 0 Å². The predicted octanol–water partition coefficient (Wildman–Crippen LogP) is 6.02. The Balaban J connectivity index is 1.09. The number of carboxylic acids is 1. The Bertz CT molecular complexity index is 1600. The smallest absolute Gasteiger partial charge is 0.346 e. The average Bonchev–Trinajstić information content (AvgIpc) is 3.72. The van der Waals surface area contributed by atoms with Gasteiger partial charge in [0.05, 0.1) is 31.3 Å². The molecule has 0 aliphatic carbocycles. The van der Waals surface area contributed by atoms with Crippen LogP contribution in [-0.4, -0.2) is 56.3 Å². The highest BCUT2D eigenvalue weighted by atomic mass is 32.1. The maximum atomic E-state index is 14.2. The summed E-state index contributed by atoms with van der Waals surface area (Å²) in [5.41, 5.74) is 2.48. The average molecular weight is 576 g/mol. The summed E-state index contributed by atoms with van der Waals surface area (Å²) < 4.78 is 28.1. The first kappa shape index (κ1) is 27.3. The number of thiophene rings is 1. The highest BCUT2D eigenvalue weighted by molar-refractivity contribution is 7.20. The van der Waals surface area contributed by atoms with E-state index in [9.17, 15) is 14.3 Å². The van der Waals surface area contributed by atoms with E-state index < -0.39 is 11.8 Å². The number of carbonyl (C=O) groups is 1. The zero-order valence-corrected chi connectivity index (χ0v) is 23.3. The van der Waals surface area contributed by atoms with Crippen LogP contribution in [0.2, 0.25) is 0 Å². The monoisotopic (exact) mass is 575 g/mol. The molecule has 6 rings (SSSR count). The van der Waals surface area contributed by atoms with E-state index in [4.69, 9.17) is 26.0 Å². The maximum absolute atomic E-state index is 14.2. The number of hydrogen-bond donors (Lipinski definition) is 1. The zero-order valence-electron chi connectivity index (χ0n) is 22.5. The Hall–Kier alpha value is -3.85. The van der Waals surface area contributed by atoms with Crippen molar-refractivity contribution in [1.82, 2.24) is 19.4 Å². The van der Waals surface area contributed by atoms with E-state index in [-0.39, 0.29) is 24.3 Å². The molecular weight excluding hydrogens is 545 g/mol. The van der Waals surface area contributed by atoms with Crippen LogP contribution in [0.5, 0.6) is 5.88 Å². The number of pyridine rings is 1. The number of rotatable bonds is 9. The van der Waals surface area contributed by atoms with Crippen LogP contribution in [0.3, 0.4) is 0 Å². The van der Waals surface area contributed by atoms with E-state index >= 15 is 0 Å². The molecule has 1 unspecified atom stereocenters. The summed E-state index contributed by atoms with van der Waals surface area (Å²) in [7, 11) is 0. The van der Waals surface area contributed by atoms with Gasteiger partial charge in [-0.2, -0.15) is 0 Å². The molecule has 0 saturated carbocycles. The van der Waals surface area contributed by atoms with Crippen LogP contribution >= 0.6 is 11.3 Å². The number of halogens is 1. The minimum absolute atomic E-state index is 0.0446. The standard InChI is InChI=1S/C30H30FN5O4S/c1-32-21-8-7-20(23(31)14-21)18-40-28-6-2-5-24(33-28)19-9-11-35(12-10-19)17-27-34-29-25(15-26(41-29)30(37)38)36(27)16-22-4-3-13-39-22/h2,5-8,14-15,19,22H,3-4,9-13,16-18H2,(H,37,38). The van der Waals surface area contributed by atoms with Gasteiger partial charge in [0.2, 0.25) is 5.88 Å². The molecule has 41 heavy (non-hydrogen) atoms. The Labute approximate surface area is 241 Å². The Morgan fingerprint density at radius 2 is 2.05 bits per heavy atom. The summed E-state index contributed by atoms with van der Waals surface area (Å²) in [5, 5.41) is 9.46. The van der Waals surface area contributed by atoms with Gasteiger partial charge < -0.3 is 19.1 Å². The first-order valence-corrected chi connectivity index (χ1v) is 14.6. The molecule has 2 aliphatic heterocycles. The molecule has 1 atom stereocenters. The molecule has 1 aromatic carbocycles. The lowest BCUT2D eigenvalue weighted by Gasteiger charge is -2.31.